The molecule has 3 nitrogen and oxygen atoms in total. The summed E-state index contributed by atoms with van der Waals surface area (Å²) >= 11 is 9.55. The molecule has 0 spiro atoms. The largest absolute Gasteiger partial charge is 0.255 e. The highest BCUT2D eigenvalue weighted by Crippen LogP contribution is 2.24. The van der Waals surface area contributed by atoms with Gasteiger partial charge < -0.3 is 0 Å². The van der Waals surface area contributed by atoms with Crippen LogP contribution in [-0.2, 0) is 13.5 Å². The summed E-state index contributed by atoms with van der Waals surface area (Å²) in [6, 6.07) is 7.96. The molecular formula is C12H13BrClN3. The highest BCUT2D eigenvalue weighted by atomic mass is 79.9. The highest BCUT2D eigenvalue weighted by Gasteiger charge is 2.13. The molecule has 1 unspecified atom stereocenters. The summed E-state index contributed by atoms with van der Waals surface area (Å²) in [6.45, 7) is 0. The fourth-order valence-electron chi connectivity index (χ4n) is 1.76. The lowest BCUT2D eigenvalue weighted by molar-refractivity contribution is 0.708. The van der Waals surface area contributed by atoms with Gasteiger partial charge in [0.1, 0.15) is 0 Å². The summed E-state index contributed by atoms with van der Waals surface area (Å²) in [7, 11) is 1.87. The second kappa shape index (κ2) is 5.65. The van der Waals surface area contributed by atoms with E-state index in [-0.39, 0.29) is 0 Å². The molecule has 0 amide bonds. The van der Waals surface area contributed by atoms with E-state index in [1.165, 1.54) is 5.56 Å². The number of rotatable bonds is 4. The third-order valence-electron chi connectivity index (χ3n) is 2.61. The van der Waals surface area contributed by atoms with Crippen molar-refractivity contribution in [3.63, 3.8) is 0 Å². The zero-order valence-electron chi connectivity index (χ0n) is 9.48. The van der Waals surface area contributed by atoms with E-state index in [1.54, 1.807) is 4.68 Å². The summed E-state index contributed by atoms with van der Waals surface area (Å²) in [6.07, 6.45) is 2.81. The van der Waals surface area contributed by atoms with Crippen molar-refractivity contribution in [3.8, 4) is 0 Å². The highest BCUT2D eigenvalue weighted by molar-refractivity contribution is 9.09. The number of hydrogen-bond donors (Lipinski definition) is 0. The average Bonchev–Trinajstić information content (AvgIpc) is 2.72. The lowest BCUT2D eigenvalue weighted by atomic mass is 9.96. The van der Waals surface area contributed by atoms with Crippen LogP contribution in [0, 0.1) is 0 Å². The molecule has 2 aromatic rings. The lowest BCUT2D eigenvalue weighted by Crippen LogP contribution is -2.04. The molecule has 0 radical (unpaired) electrons. The van der Waals surface area contributed by atoms with Crippen LogP contribution in [0.1, 0.15) is 17.2 Å². The van der Waals surface area contributed by atoms with Gasteiger partial charge in [-0.2, -0.15) is 0 Å². The maximum absolute atomic E-state index is 6.01. The molecule has 2 rings (SSSR count). The van der Waals surface area contributed by atoms with Crippen LogP contribution in [0.2, 0.25) is 5.02 Å². The molecule has 1 aromatic carbocycles. The Morgan fingerprint density at radius 3 is 2.88 bits per heavy atom. The van der Waals surface area contributed by atoms with Crippen LogP contribution in [0.5, 0.6) is 0 Å². The maximum atomic E-state index is 6.01. The van der Waals surface area contributed by atoms with E-state index in [0.29, 0.717) is 5.92 Å². The Hall–Kier alpha value is -0.870. The summed E-state index contributed by atoms with van der Waals surface area (Å²) < 4.78 is 1.72. The number of halogens is 2. The molecule has 1 atom stereocenters. The number of benzene rings is 1. The van der Waals surface area contributed by atoms with Gasteiger partial charge in [0.25, 0.3) is 0 Å². The van der Waals surface area contributed by atoms with Crippen LogP contribution >= 0.6 is 27.5 Å². The SMILES string of the molecule is Cn1cc(CC(CBr)c2cccc(Cl)c2)nn1. The third kappa shape index (κ3) is 3.30. The molecule has 1 heterocycles. The number of hydrogen-bond acceptors (Lipinski definition) is 2. The molecule has 0 aliphatic heterocycles. The van der Waals surface area contributed by atoms with Gasteiger partial charge in [0, 0.05) is 30.0 Å². The molecule has 1 aromatic heterocycles. The topological polar surface area (TPSA) is 30.7 Å². The minimum absolute atomic E-state index is 0.366. The Morgan fingerprint density at radius 1 is 1.47 bits per heavy atom. The van der Waals surface area contributed by atoms with E-state index in [9.17, 15) is 0 Å². The van der Waals surface area contributed by atoms with E-state index >= 15 is 0 Å². The smallest absolute Gasteiger partial charge is 0.0833 e. The molecule has 90 valence electrons. The molecule has 0 saturated heterocycles. The van der Waals surface area contributed by atoms with Gasteiger partial charge >= 0.3 is 0 Å². The summed E-state index contributed by atoms with van der Waals surface area (Å²) in [5.41, 5.74) is 2.22. The molecule has 0 N–H and O–H groups in total. The van der Waals surface area contributed by atoms with Crippen molar-refractivity contribution in [3.05, 3.63) is 46.7 Å². The molecule has 0 saturated carbocycles. The molecule has 17 heavy (non-hydrogen) atoms. The van der Waals surface area contributed by atoms with Gasteiger partial charge in [-0.1, -0.05) is 44.9 Å². The van der Waals surface area contributed by atoms with Crippen LogP contribution in [0.15, 0.2) is 30.5 Å². The zero-order valence-corrected chi connectivity index (χ0v) is 11.8. The minimum atomic E-state index is 0.366. The quantitative estimate of drug-likeness (QED) is 0.812. The van der Waals surface area contributed by atoms with Gasteiger partial charge in [-0.05, 0) is 23.6 Å². The number of alkyl halides is 1. The van der Waals surface area contributed by atoms with E-state index in [2.05, 4.69) is 32.3 Å². The van der Waals surface area contributed by atoms with Crippen molar-refractivity contribution in [2.45, 2.75) is 12.3 Å². The second-order valence-corrected chi connectivity index (χ2v) is 5.08. The number of aromatic nitrogens is 3. The van der Waals surface area contributed by atoms with Gasteiger partial charge in [0.15, 0.2) is 0 Å². The first-order chi connectivity index (χ1) is 8.19. The molecule has 0 aliphatic rings. The number of aryl methyl sites for hydroxylation is 1. The van der Waals surface area contributed by atoms with E-state index in [0.717, 1.165) is 22.5 Å². The van der Waals surface area contributed by atoms with Crippen LogP contribution in [-0.4, -0.2) is 20.3 Å². The normalized spacial score (nSPS) is 12.6. The molecular weight excluding hydrogens is 302 g/mol. The van der Waals surface area contributed by atoms with Crippen LogP contribution in [0.4, 0.5) is 0 Å². The average molecular weight is 315 g/mol. The van der Waals surface area contributed by atoms with Crippen molar-refractivity contribution < 1.29 is 0 Å². The first-order valence-corrected chi connectivity index (χ1v) is 6.85. The zero-order chi connectivity index (χ0) is 12.3. The van der Waals surface area contributed by atoms with Crippen molar-refractivity contribution in [2.24, 2.45) is 7.05 Å². The fraction of sp³-hybridized carbons (Fsp3) is 0.333. The molecule has 0 fully saturated rings. The van der Waals surface area contributed by atoms with Gasteiger partial charge in [-0.3, -0.25) is 4.68 Å². The predicted molar refractivity (Wildman–Crippen MR) is 72.7 cm³/mol. The Kier molecular flexibility index (Phi) is 4.18. The monoisotopic (exact) mass is 313 g/mol. The Morgan fingerprint density at radius 2 is 2.29 bits per heavy atom. The first kappa shape index (κ1) is 12.6. The van der Waals surface area contributed by atoms with Crippen LogP contribution < -0.4 is 0 Å². The molecule has 0 aliphatic carbocycles. The maximum Gasteiger partial charge on any atom is 0.0833 e. The number of nitrogens with zero attached hydrogens (tertiary/aromatic N) is 3. The van der Waals surface area contributed by atoms with Gasteiger partial charge in [-0.15, -0.1) is 5.10 Å². The lowest BCUT2D eigenvalue weighted by Gasteiger charge is -2.12. The first-order valence-electron chi connectivity index (χ1n) is 5.35. The van der Waals surface area contributed by atoms with E-state index in [4.69, 9.17) is 11.6 Å². The summed E-state index contributed by atoms with van der Waals surface area (Å²) in [5, 5.41) is 9.70. The Bertz CT molecular complexity index is 498. The molecule has 0 bridgehead atoms. The fourth-order valence-corrected chi connectivity index (χ4v) is 2.56. The van der Waals surface area contributed by atoms with Gasteiger partial charge in [-0.25, -0.2) is 0 Å². The standard InChI is InChI=1S/C12H13BrClN3/c1-17-8-12(15-16-17)6-10(7-13)9-3-2-4-11(14)5-9/h2-5,8,10H,6-7H2,1H3. The van der Waals surface area contributed by atoms with E-state index in [1.807, 2.05) is 31.4 Å². The van der Waals surface area contributed by atoms with Gasteiger partial charge in [0.05, 0.1) is 5.69 Å². The predicted octanol–water partition coefficient (Wildman–Crippen LogP) is 3.19. The van der Waals surface area contributed by atoms with Gasteiger partial charge in [0.2, 0.25) is 0 Å². The van der Waals surface area contributed by atoms with Crippen LogP contribution in [0.25, 0.3) is 0 Å². The Labute approximate surface area is 114 Å². The third-order valence-corrected chi connectivity index (χ3v) is 3.63. The molecule has 5 heteroatoms. The minimum Gasteiger partial charge on any atom is -0.255 e. The van der Waals surface area contributed by atoms with Crippen molar-refractivity contribution in [1.82, 2.24) is 15.0 Å². The second-order valence-electron chi connectivity index (χ2n) is 3.99. The van der Waals surface area contributed by atoms with Crippen molar-refractivity contribution in [2.75, 3.05) is 5.33 Å². The van der Waals surface area contributed by atoms with Crippen LogP contribution in [0.3, 0.4) is 0 Å². The Balaban J connectivity index is 2.16. The summed E-state index contributed by atoms with van der Waals surface area (Å²) in [4.78, 5) is 0. The van der Waals surface area contributed by atoms with Crippen molar-refractivity contribution >= 4 is 27.5 Å². The van der Waals surface area contributed by atoms with Crippen molar-refractivity contribution in [1.29, 1.82) is 0 Å². The summed E-state index contributed by atoms with van der Waals surface area (Å²) in [5.74, 6) is 0.366. The van der Waals surface area contributed by atoms with E-state index < -0.39 is 0 Å².